The Hall–Kier alpha value is -1.07. The van der Waals surface area contributed by atoms with Crippen molar-refractivity contribution in [1.29, 1.82) is 0 Å². The summed E-state index contributed by atoms with van der Waals surface area (Å²) in [5.41, 5.74) is 0. The van der Waals surface area contributed by atoms with Gasteiger partial charge in [0.1, 0.15) is 0 Å². The van der Waals surface area contributed by atoms with Crippen LogP contribution in [0.15, 0.2) is 0 Å². The van der Waals surface area contributed by atoms with Crippen LogP contribution in [0.4, 0.5) is 13.2 Å². The van der Waals surface area contributed by atoms with E-state index in [0.29, 0.717) is 13.0 Å². The summed E-state index contributed by atoms with van der Waals surface area (Å²) in [7, 11) is 0. The predicted octanol–water partition coefficient (Wildman–Crippen LogP) is 1.52. The van der Waals surface area contributed by atoms with E-state index in [2.05, 4.69) is 0 Å². The number of alkyl halides is 3. The van der Waals surface area contributed by atoms with Gasteiger partial charge in [-0.25, -0.2) is 0 Å². The monoisotopic (exact) mass is 223 g/mol. The molecule has 0 bridgehead atoms. The Balaban J connectivity index is 2.16. The first-order valence-corrected chi connectivity index (χ1v) is 4.79. The van der Waals surface area contributed by atoms with Gasteiger partial charge < -0.3 is 4.90 Å². The van der Waals surface area contributed by atoms with Crippen molar-refractivity contribution in [2.45, 2.75) is 31.9 Å². The van der Waals surface area contributed by atoms with E-state index in [-0.39, 0.29) is 19.4 Å². The maximum atomic E-state index is 11.8. The molecule has 0 N–H and O–H groups in total. The number of carbonyl (C=O) groups excluding carboxylic acids is 2. The van der Waals surface area contributed by atoms with E-state index < -0.39 is 24.3 Å². The van der Waals surface area contributed by atoms with E-state index in [1.165, 1.54) is 4.90 Å². The predicted molar refractivity (Wildman–Crippen MR) is 46.1 cm³/mol. The van der Waals surface area contributed by atoms with Crippen molar-refractivity contribution < 1.29 is 22.8 Å². The first-order valence-electron chi connectivity index (χ1n) is 4.79. The molecular formula is C9H12F3NO2. The Morgan fingerprint density at radius 1 is 1.20 bits per heavy atom. The molecule has 0 spiro atoms. The van der Waals surface area contributed by atoms with Gasteiger partial charge in [0, 0.05) is 25.9 Å². The lowest BCUT2D eigenvalue weighted by molar-refractivity contribution is -0.140. The van der Waals surface area contributed by atoms with Crippen molar-refractivity contribution >= 4 is 11.7 Å². The van der Waals surface area contributed by atoms with Crippen molar-refractivity contribution in [1.82, 2.24) is 4.90 Å². The Kier molecular flexibility index (Phi) is 3.71. The fraction of sp³-hybridized carbons (Fsp3) is 0.778. The van der Waals surface area contributed by atoms with Gasteiger partial charge in [0.25, 0.3) is 5.91 Å². The van der Waals surface area contributed by atoms with Crippen LogP contribution in [-0.4, -0.2) is 35.9 Å². The molecule has 1 aliphatic rings. The topological polar surface area (TPSA) is 37.4 Å². The molecule has 0 aromatic rings. The highest BCUT2D eigenvalue weighted by Gasteiger charge is 2.29. The van der Waals surface area contributed by atoms with Crippen molar-refractivity contribution in [2.24, 2.45) is 0 Å². The van der Waals surface area contributed by atoms with Crippen LogP contribution in [-0.2, 0) is 9.59 Å². The average Bonchev–Trinajstić information content (AvgIpc) is 2.42. The minimum Gasteiger partial charge on any atom is -0.336 e. The zero-order chi connectivity index (χ0) is 11.5. The van der Waals surface area contributed by atoms with Crippen LogP contribution in [0.3, 0.4) is 0 Å². The minimum absolute atomic E-state index is 0.00146. The zero-order valence-electron chi connectivity index (χ0n) is 8.14. The molecule has 0 aromatic carbocycles. The summed E-state index contributed by atoms with van der Waals surface area (Å²) in [5, 5.41) is 0. The third kappa shape index (κ3) is 3.89. The fourth-order valence-electron chi connectivity index (χ4n) is 1.46. The standard InChI is InChI=1S/C9H12F3NO2/c10-9(11,12)4-1-2-5-13-6-3-7(14)8(13)15/h1-6H2. The molecule has 86 valence electrons. The highest BCUT2D eigenvalue weighted by atomic mass is 19.4. The molecule has 1 fully saturated rings. The first-order chi connectivity index (χ1) is 6.90. The maximum absolute atomic E-state index is 11.8. The average molecular weight is 223 g/mol. The molecule has 0 radical (unpaired) electrons. The summed E-state index contributed by atoms with van der Waals surface area (Å²) in [6.45, 7) is 0.602. The summed E-state index contributed by atoms with van der Waals surface area (Å²) >= 11 is 0. The van der Waals surface area contributed by atoms with Gasteiger partial charge in [-0.05, 0) is 12.8 Å². The number of amides is 1. The normalized spacial score (nSPS) is 17.7. The SMILES string of the molecule is O=C1CCN(CCCCC(F)(F)F)C1=O. The number of Topliss-reactive ketones (excluding diaryl/α,β-unsaturated/α-hetero) is 1. The van der Waals surface area contributed by atoms with E-state index in [9.17, 15) is 22.8 Å². The Bertz CT molecular complexity index is 263. The summed E-state index contributed by atoms with van der Waals surface area (Å²) in [6.07, 6.45) is -4.48. The third-order valence-corrected chi connectivity index (χ3v) is 2.27. The van der Waals surface area contributed by atoms with Gasteiger partial charge in [0.15, 0.2) is 0 Å². The second-order valence-corrected chi connectivity index (χ2v) is 3.54. The van der Waals surface area contributed by atoms with E-state index in [1.54, 1.807) is 0 Å². The van der Waals surface area contributed by atoms with Crippen molar-refractivity contribution in [2.75, 3.05) is 13.1 Å². The van der Waals surface area contributed by atoms with Crippen LogP contribution in [0.2, 0.25) is 0 Å². The number of nitrogens with zero attached hydrogens (tertiary/aromatic N) is 1. The van der Waals surface area contributed by atoms with E-state index >= 15 is 0 Å². The number of hydrogen-bond acceptors (Lipinski definition) is 2. The molecule has 15 heavy (non-hydrogen) atoms. The number of ketones is 1. The smallest absolute Gasteiger partial charge is 0.336 e. The molecule has 0 aromatic heterocycles. The molecule has 1 saturated heterocycles. The molecule has 0 aliphatic carbocycles. The third-order valence-electron chi connectivity index (χ3n) is 2.27. The molecule has 0 atom stereocenters. The second kappa shape index (κ2) is 4.63. The summed E-state index contributed by atoms with van der Waals surface area (Å²) in [6, 6.07) is 0. The number of carbonyl (C=O) groups is 2. The Labute approximate surface area is 85.2 Å². The highest BCUT2D eigenvalue weighted by Crippen LogP contribution is 2.22. The van der Waals surface area contributed by atoms with Crippen LogP contribution in [0.1, 0.15) is 25.7 Å². The lowest BCUT2D eigenvalue weighted by atomic mass is 10.2. The maximum Gasteiger partial charge on any atom is 0.389 e. The molecule has 1 heterocycles. The number of halogens is 3. The summed E-state index contributed by atoms with van der Waals surface area (Å²) in [5.74, 6) is -0.993. The van der Waals surface area contributed by atoms with Crippen LogP contribution in [0.25, 0.3) is 0 Å². The van der Waals surface area contributed by atoms with Crippen LogP contribution in [0, 0.1) is 0 Å². The number of hydrogen-bond donors (Lipinski definition) is 0. The molecule has 6 heteroatoms. The lowest BCUT2D eigenvalue weighted by Crippen LogP contribution is -2.28. The van der Waals surface area contributed by atoms with Gasteiger partial charge in [-0.3, -0.25) is 9.59 Å². The molecule has 1 amide bonds. The van der Waals surface area contributed by atoms with E-state index in [1.807, 2.05) is 0 Å². The van der Waals surface area contributed by atoms with Gasteiger partial charge in [0.2, 0.25) is 5.78 Å². The van der Waals surface area contributed by atoms with Crippen LogP contribution in [0.5, 0.6) is 0 Å². The summed E-state index contributed by atoms with van der Waals surface area (Å²) < 4.78 is 35.3. The van der Waals surface area contributed by atoms with Crippen LogP contribution < -0.4 is 0 Å². The second-order valence-electron chi connectivity index (χ2n) is 3.54. The van der Waals surface area contributed by atoms with Crippen LogP contribution >= 0.6 is 0 Å². The summed E-state index contributed by atoms with van der Waals surface area (Å²) in [4.78, 5) is 23.2. The van der Waals surface area contributed by atoms with Crippen molar-refractivity contribution in [3.05, 3.63) is 0 Å². The Morgan fingerprint density at radius 3 is 2.33 bits per heavy atom. The zero-order valence-corrected chi connectivity index (χ0v) is 8.14. The Morgan fingerprint density at radius 2 is 1.87 bits per heavy atom. The number of likely N-dealkylation sites (tertiary alicyclic amines) is 1. The largest absolute Gasteiger partial charge is 0.389 e. The molecule has 1 rings (SSSR count). The molecule has 1 aliphatic heterocycles. The van der Waals surface area contributed by atoms with E-state index in [4.69, 9.17) is 0 Å². The molecule has 0 unspecified atom stereocenters. The van der Waals surface area contributed by atoms with Crippen molar-refractivity contribution in [3.63, 3.8) is 0 Å². The minimum atomic E-state index is -4.13. The van der Waals surface area contributed by atoms with Gasteiger partial charge in [-0.1, -0.05) is 0 Å². The van der Waals surface area contributed by atoms with E-state index in [0.717, 1.165) is 0 Å². The molecular weight excluding hydrogens is 211 g/mol. The molecule has 0 saturated carbocycles. The lowest BCUT2D eigenvalue weighted by Gasteiger charge is -2.14. The van der Waals surface area contributed by atoms with Gasteiger partial charge >= 0.3 is 6.18 Å². The van der Waals surface area contributed by atoms with Crippen molar-refractivity contribution in [3.8, 4) is 0 Å². The van der Waals surface area contributed by atoms with Gasteiger partial charge in [-0.15, -0.1) is 0 Å². The van der Waals surface area contributed by atoms with Gasteiger partial charge in [-0.2, -0.15) is 13.2 Å². The number of unbranched alkanes of at least 4 members (excludes halogenated alkanes) is 1. The van der Waals surface area contributed by atoms with Gasteiger partial charge in [0.05, 0.1) is 0 Å². The quantitative estimate of drug-likeness (QED) is 0.535. The molecule has 3 nitrogen and oxygen atoms in total. The first kappa shape index (κ1) is 12.0. The highest BCUT2D eigenvalue weighted by molar-refractivity contribution is 6.37. The fourth-order valence-corrected chi connectivity index (χ4v) is 1.46. The number of rotatable bonds is 4.